The lowest BCUT2D eigenvalue weighted by Crippen LogP contribution is -2.26. The van der Waals surface area contributed by atoms with Crippen LogP contribution in [0.5, 0.6) is 0 Å². The molecule has 0 atom stereocenters. The number of thioether (sulfide) groups is 1. The van der Waals surface area contributed by atoms with Crippen LogP contribution >= 0.6 is 23.4 Å². The third-order valence-electron chi connectivity index (χ3n) is 2.65. The number of carbonyl (C=O) groups is 1. The van der Waals surface area contributed by atoms with Crippen LogP contribution in [0.2, 0.25) is 5.02 Å². The topological polar surface area (TPSA) is 51.1 Å². The van der Waals surface area contributed by atoms with E-state index in [9.17, 15) is 9.59 Å². The number of carbonyl (C=O) groups excluding carboxylic acids is 1. The molecule has 0 aliphatic rings. The van der Waals surface area contributed by atoms with Gasteiger partial charge in [0.05, 0.1) is 5.02 Å². The number of benzene rings is 1. The summed E-state index contributed by atoms with van der Waals surface area (Å²) in [6, 6.07) is 10.1. The molecule has 2 aromatic rings. The first-order valence-electron chi connectivity index (χ1n) is 5.89. The molecule has 104 valence electrons. The molecule has 0 spiro atoms. The molecular formula is C14H13ClN2O2S. The molecule has 1 heterocycles. The Morgan fingerprint density at radius 1 is 1.35 bits per heavy atom. The number of anilines is 1. The van der Waals surface area contributed by atoms with Gasteiger partial charge < -0.3 is 9.88 Å². The van der Waals surface area contributed by atoms with Gasteiger partial charge in [-0.3, -0.25) is 9.59 Å². The summed E-state index contributed by atoms with van der Waals surface area (Å²) in [7, 11) is 0. The Morgan fingerprint density at radius 2 is 2.15 bits per heavy atom. The average molecular weight is 309 g/mol. The molecule has 1 aromatic heterocycles. The van der Waals surface area contributed by atoms with Crippen LogP contribution in [-0.2, 0) is 11.3 Å². The van der Waals surface area contributed by atoms with Crippen molar-refractivity contribution in [2.75, 3.05) is 11.6 Å². The van der Waals surface area contributed by atoms with Crippen LogP contribution in [0.1, 0.15) is 0 Å². The van der Waals surface area contributed by atoms with Crippen molar-refractivity contribution < 1.29 is 4.79 Å². The van der Waals surface area contributed by atoms with Crippen molar-refractivity contribution in [3.05, 3.63) is 58.0 Å². The number of hydrogen-bond donors (Lipinski definition) is 1. The molecule has 0 fully saturated rings. The largest absolute Gasteiger partial charge is 0.324 e. The number of amides is 1. The van der Waals surface area contributed by atoms with Gasteiger partial charge in [0.15, 0.2) is 0 Å². The zero-order chi connectivity index (χ0) is 14.5. The van der Waals surface area contributed by atoms with E-state index in [2.05, 4.69) is 5.32 Å². The molecule has 4 nitrogen and oxygen atoms in total. The molecule has 1 N–H and O–H groups in total. The number of nitrogens with zero attached hydrogens (tertiary/aromatic N) is 1. The van der Waals surface area contributed by atoms with Crippen molar-refractivity contribution >= 4 is 35.0 Å². The summed E-state index contributed by atoms with van der Waals surface area (Å²) in [5, 5.41) is 3.31. The maximum Gasteiger partial charge on any atom is 0.250 e. The van der Waals surface area contributed by atoms with Crippen LogP contribution in [0.15, 0.2) is 52.3 Å². The predicted molar refractivity (Wildman–Crippen MR) is 82.6 cm³/mol. The van der Waals surface area contributed by atoms with Crippen molar-refractivity contribution in [1.29, 1.82) is 0 Å². The molecule has 0 aliphatic carbocycles. The highest BCUT2D eigenvalue weighted by Crippen LogP contribution is 2.27. The first-order valence-corrected chi connectivity index (χ1v) is 7.49. The standard InChI is InChI=1S/C14H13ClN2O2S/c1-20-12-6-5-10(8-11(12)15)16-13(18)9-17-7-3-2-4-14(17)19/h2-8H,9H2,1H3,(H,16,18). The Kier molecular flexibility index (Phi) is 4.87. The minimum absolute atomic E-state index is 0.0262. The van der Waals surface area contributed by atoms with E-state index >= 15 is 0 Å². The fraction of sp³-hybridized carbons (Fsp3) is 0.143. The second kappa shape index (κ2) is 6.63. The number of nitrogens with one attached hydrogen (secondary N) is 1. The van der Waals surface area contributed by atoms with E-state index in [1.54, 1.807) is 30.5 Å². The summed E-state index contributed by atoms with van der Waals surface area (Å²) in [5.41, 5.74) is 0.403. The minimum atomic E-state index is -0.272. The molecule has 20 heavy (non-hydrogen) atoms. The highest BCUT2D eigenvalue weighted by atomic mass is 35.5. The highest BCUT2D eigenvalue weighted by Gasteiger charge is 2.06. The summed E-state index contributed by atoms with van der Waals surface area (Å²) < 4.78 is 1.34. The van der Waals surface area contributed by atoms with E-state index in [-0.39, 0.29) is 18.0 Å². The minimum Gasteiger partial charge on any atom is -0.324 e. The third kappa shape index (κ3) is 3.65. The maximum absolute atomic E-state index is 11.9. The van der Waals surface area contributed by atoms with Gasteiger partial charge in [-0.1, -0.05) is 17.7 Å². The van der Waals surface area contributed by atoms with Crippen LogP contribution in [0.3, 0.4) is 0 Å². The second-order valence-electron chi connectivity index (χ2n) is 4.06. The smallest absolute Gasteiger partial charge is 0.250 e. The normalized spacial score (nSPS) is 10.3. The monoisotopic (exact) mass is 308 g/mol. The Balaban J connectivity index is 2.07. The first-order chi connectivity index (χ1) is 9.60. The molecule has 0 saturated carbocycles. The maximum atomic E-state index is 11.9. The molecule has 0 unspecified atom stereocenters. The van der Waals surface area contributed by atoms with Gasteiger partial charge in [0.25, 0.3) is 5.56 Å². The van der Waals surface area contributed by atoms with E-state index in [4.69, 9.17) is 11.6 Å². The third-order valence-corrected chi connectivity index (χ3v) is 3.87. The summed E-state index contributed by atoms with van der Waals surface area (Å²) >= 11 is 7.61. The van der Waals surface area contributed by atoms with Crippen LogP contribution in [-0.4, -0.2) is 16.7 Å². The van der Waals surface area contributed by atoms with Crippen molar-refractivity contribution in [1.82, 2.24) is 4.57 Å². The Labute approximate surface area is 125 Å². The molecule has 1 aromatic carbocycles. The Morgan fingerprint density at radius 3 is 2.80 bits per heavy atom. The molecule has 2 rings (SSSR count). The van der Waals surface area contributed by atoms with E-state index < -0.39 is 0 Å². The second-order valence-corrected chi connectivity index (χ2v) is 5.32. The summed E-state index contributed by atoms with van der Waals surface area (Å²) in [5.74, 6) is -0.272. The molecule has 0 bridgehead atoms. The lowest BCUT2D eigenvalue weighted by atomic mass is 10.3. The lowest BCUT2D eigenvalue weighted by molar-refractivity contribution is -0.116. The summed E-state index contributed by atoms with van der Waals surface area (Å²) in [6.45, 7) is -0.0262. The van der Waals surface area contributed by atoms with E-state index in [0.717, 1.165) is 4.90 Å². The molecular weight excluding hydrogens is 296 g/mol. The summed E-state index contributed by atoms with van der Waals surface area (Å²) in [4.78, 5) is 24.3. The fourth-order valence-electron chi connectivity index (χ4n) is 1.69. The van der Waals surface area contributed by atoms with Crippen LogP contribution < -0.4 is 10.9 Å². The zero-order valence-electron chi connectivity index (χ0n) is 10.8. The van der Waals surface area contributed by atoms with E-state index in [1.165, 1.54) is 22.4 Å². The van der Waals surface area contributed by atoms with Crippen molar-refractivity contribution in [3.63, 3.8) is 0 Å². The van der Waals surface area contributed by atoms with Crippen LogP contribution in [0.4, 0.5) is 5.69 Å². The van der Waals surface area contributed by atoms with Gasteiger partial charge in [-0.15, -0.1) is 11.8 Å². The van der Waals surface area contributed by atoms with Gasteiger partial charge in [0.1, 0.15) is 6.54 Å². The van der Waals surface area contributed by atoms with E-state index in [0.29, 0.717) is 10.7 Å². The number of hydrogen-bond acceptors (Lipinski definition) is 3. The van der Waals surface area contributed by atoms with Crippen LogP contribution in [0.25, 0.3) is 0 Å². The van der Waals surface area contributed by atoms with Crippen molar-refractivity contribution in [2.24, 2.45) is 0 Å². The number of pyridine rings is 1. The van der Waals surface area contributed by atoms with E-state index in [1.807, 2.05) is 12.3 Å². The lowest BCUT2D eigenvalue weighted by Gasteiger charge is -2.08. The quantitative estimate of drug-likeness (QED) is 0.884. The highest BCUT2D eigenvalue weighted by molar-refractivity contribution is 7.98. The van der Waals surface area contributed by atoms with Gasteiger partial charge in [0, 0.05) is 22.8 Å². The molecule has 0 aliphatic heterocycles. The summed E-state index contributed by atoms with van der Waals surface area (Å²) in [6.07, 6.45) is 3.51. The SMILES string of the molecule is CSc1ccc(NC(=O)Cn2ccccc2=O)cc1Cl. The van der Waals surface area contributed by atoms with Gasteiger partial charge in [-0.25, -0.2) is 0 Å². The van der Waals surface area contributed by atoms with Crippen LogP contribution in [0, 0.1) is 0 Å². The molecule has 6 heteroatoms. The number of halogens is 1. The number of aromatic nitrogens is 1. The van der Waals surface area contributed by atoms with Crippen molar-refractivity contribution in [3.8, 4) is 0 Å². The van der Waals surface area contributed by atoms with Gasteiger partial charge in [-0.05, 0) is 30.5 Å². The Hall–Kier alpha value is -1.72. The molecule has 1 amide bonds. The molecule has 0 radical (unpaired) electrons. The van der Waals surface area contributed by atoms with Crippen molar-refractivity contribution in [2.45, 2.75) is 11.4 Å². The fourth-order valence-corrected chi connectivity index (χ4v) is 2.56. The Bertz CT molecular complexity index is 685. The van der Waals surface area contributed by atoms with Gasteiger partial charge in [0.2, 0.25) is 5.91 Å². The first kappa shape index (κ1) is 14.7. The molecule has 0 saturated heterocycles. The van der Waals surface area contributed by atoms with Gasteiger partial charge >= 0.3 is 0 Å². The number of rotatable bonds is 4. The average Bonchev–Trinajstić information content (AvgIpc) is 2.41. The predicted octanol–water partition coefficient (Wildman–Crippen LogP) is 2.86. The van der Waals surface area contributed by atoms with Gasteiger partial charge in [-0.2, -0.15) is 0 Å². The zero-order valence-corrected chi connectivity index (χ0v) is 12.4.